The van der Waals surface area contributed by atoms with Gasteiger partial charge in [0.25, 0.3) is 5.91 Å². The second-order valence-electron chi connectivity index (χ2n) is 8.21. The molecule has 0 unspecified atom stereocenters. The quantitative estimate of drug-likeness (QED) is 0.384. The van der Waals surface area contributed by atoms with Crippen LogP contribution in [0.4, 0.5) is 0 Å². The molecule has 0 saturated carbocycles. The first-order chi connectivity index (χ1) is 16.5. The van der Waals surface area contributed by atoms with Crippen molar-refractivity contribution in [1.82, 2.24) is 29.6 Å². The fourth-order valence-electron chi connectivity index (χ4n) is 3.86. The van der Waals surface area contributed by atoms with Crippen molar-refractivity contribution in [2.24, 2.45) is 0 Å². The lowest BCUT2D eigenvalue weighted by molar-refractivity contribution is 0.0950. The van der Waals surface area contributed by atoms with Gasteiger partial charge in [0.1, 0.15) is 17.3 Å². The van der Waals surface area contributed by atoms with Crippen LogP contribution in [0.15, 0.2) is 73.2 Å². The fourth-order valence-corrected chi connectivity index (χ4v) is 4.18. The van der Waals surface area contributed by atoms with Gasteiger partial charge in [0.15, 0.2) is 0 Å². The highest BCUT2D eigenvalue weighted by Gasteiger charge is 2.20. The number of nitrogens with zero attached hydrogens (tertiary/aromatic N) is 5. The summed E-state index contributed by atoms with van der Waals surface area (Å²) in [5.74, 6) is 0.502. The third kappa shape index (κ3) is 4.30. The molecule has 0 saturated heterocycles. The topological polar surface area (TPSA) is 77.6 Å². The summed E-state index contributed by atoms with van der Waals surface area (Å²) in [5.41, 5.74) is 6.02. The van der Waals surface area contributed by atoms with Crippen molar-refractivity contribution in [3.8, 4) is 5.82 Å². The van der Waals surface area contributed by atoms with Crippen molar-refractivity contribution in [1.29, 1.82) is 0 Å². The maximum absolute atomic E-state index is 12.9. The molecule has 3 aromatic heterocycles. The molecule has 170 valence electrons. The van der Waals surface area contributed by atoms with Crippen LogP contribution in [0.3, 0.4) is 0 Å². The number of amides is 1. The lowest BCUT2D eigenvalue weighted by atomic mass is 10.1. The Balaban J connectivity index is 1.27. The van der Waals surface area contributed by atoms with E-state index in [1.54, 1.807) is 24.1 Å². The number of hydrogen-bond donors (Lipinski definition) is 1. The highest BCUT2D eigenvalue weighted by Crippen LogP contribution is 2.21. The predicted molar refractivity (Wildman–Crippen MR) is 132 cm³/mol. The van der Waals surface area contributed by atoms with E-state index < -0.39 is 0 Å². The van der Waals surface area contributed by atoms with E-state index in [-0.39, 0.29) is 5.91 Å². The number of aryl methyl sites for hydroxylation is 2. The summed E-state index contributed by atoms with van der Waals surface area (Å²) in [4.78, 5) is 21.8. The average Bonchev–Trinajstić information content (AvgIpc) is 3.40. The van der Waals surface area contributed by atoms with E-state index in [1.165, 1.54) is 5.56 Å². The summed E-state index contributed by atoms with van der Waals surface area (Å²) in [6.45, 7) is 4.66. The van der Waals surface area contributed by atoms with Crippen LogP contribution in [0, 0.1) is 13.8 Å². The van der Waals surface area contributed by atoms with Crippen LogP contribution in [0.25, 0.3) is 16.9 Å². The van der Waals surface area contributed by atoms with Gasteiger partial charge in [0.2, 0.25) is 0 Å². The third-order valence-electron chi connectivity index (χ3n) is 5.71. The highest BCUT2D eigenvalue weighted by atomic mass is 35.5. The van der Waals surface area contributed by atoms with Gasteiger partial charge in [0.05, 0.1) is 28.8 Å². The van der Waals surface area contributed by atoms with Crippen molar-refractivity contribution in [3.05, 3.63) is 106 Å². The molecule has 0 bridgehead atoms. The second-order valence-corrected chi connectivity index (χ2v) is 8.56. The molecule has 5 rings (SSSR count). The molecule has 0 aliphatic carbocycles. The number of pyridine rings is 1. The predicted octanol–water partition coefficient (Wildman–Crippen LogP) is 4.87. The zero-order chi connectivity index (χ0) is 23.7. The molecule has 0 radical (unpaired) electrons. The Morgan fingerprint density at radius 2 is 1.74 bits per heavy atom. The summed E-state index contributed by atoms with van der Waals surface area (Å²) >= 11 is 6.53. The lowest BCUT2D eigenvalue weighted by Crippen LogP contribution is -2.23. The van der Waals surface area contributed by atoms with Crippen LogP contribution in [0.1, 0.15) is 32.7 Å². The summed E-state index contributed by atoms with van der Waals surface area (Å²) in [7, 11) is 0. The van der Waals surface area contributed by atoms with E-state index in [4.69, 9.17) is 11.6 Å². The first kappa shape index (κ1) is 21.9. The van der Waals surface area contributed by atoms with Crippen LogP contribution >= 0.6 is 11.6 Å². The number of carbonyl (C=O) groups is 1. The van der Waals surface area contributed by atoms with Gasteiger partial charge in [-0.2, -0.15) is 5.10 Å². The fraction of sp³-hybridized carbons (Fsp3) is 0.154. The molecular formula is C26H23ClN6O. The minimum absolute atomic E-state index is 0.262. The van der Waals surface area contributed by atoms with Crippen molar-refractivity contribution in [2.75, 3.05) is 0 Å². The van der Waals surface area contributed by atoms with Crippen molar-refractivity contribution in [3.63, 3.8) is 0 Å². The van der Waals surface area contributed by atoms with Gasteiger partial charge in [-0.3, -0.25) is 9.36 Å². The number of halogens is 1. The Hall–Kier alpha value is -3.97. The van der Waals surface area contributed by atoms with Gasteiger partial charge < -0.3 is 5.32 Å². The normalized spacial score (nSPS) is 11.1. The van der Waals surface area contributed by atoms with E-state index in [2.05, 4.69) is 20.4 Å². The maximum atomic E-state index is 12.9. The molecule has 0 aliphatic rings. The lowest BCUT2D eigenvalue weighted by Gasteiger charge is -2.08. The Kier molecular flexibility index (Phi) is 5.86. The van der Waals surface area contributed by atoms with E-state index >= 15 is 0 Å². The molecule has 8 heteroatoms. The maximum Gasteiger partial charge on any atom is 0.256 e. The number of imidazole rings is 1. The average molecular weight is 471 g/mol. The SMILES string of the molecule is Cc1ccc(Cn2nc(C)c(C(=O)NCc3ccc(-n4cnc5ccccc54)nc3)c2Cl)cc1. The molecule has 0 aliphatic heterocycles. The number of nitrogens with one attached hydrogen (secondary N) is 1. The van der Waals surface area contributed by atoms with Crippen LogP contribution in [0.5, 0.6) is 0 Å². The largest absolute Gasteiger partial charge is 0.348 e. The first-order valence-electron chi connectivity index (χ1n) is 10.9. The molecular weight excluding hydrogens is 448 g/mol. The second kappa shape index (κ2) is 9.11. The highest BCUT2D eigenvalue weighted by molar-refractivity contribution is 6.33. The minimum atomic E-state index is -0.262. The Labute approximate surface area is 202 Å². The summed E-state index contributed by atoms with van der Waals surface area (Å²) < 4.78 is 3.59. The number of benzene rings is 2. The molecule has 0 spiro atoms. The molecule has 1 N–H and O–H groups in total. The molecule has 0 fully saturated rings. The van der Waals surface area contributed by atoms with Crippen molar-refractivity contribution in [2.45, 2.75) is 26.9 Å². The third-order valence-corrected chi connectivity index (χ3v) is 6.09. The Bertz CT molecular complexity index is 1470. The van der Waals surface area contributed by atoms with Crippen molar-refractivity contribution >= 4 is 28.5 Å². The van der Waals surface area contributed by atoms with E-state index in [0.29, 0.717) is 29.5 Å². The zero-order valence-corrected chi connectivity index (χ0v) is 19.6. The Morgan fingerprint density at radius 3 is 2.50 bits per heavy atom. The number of para-hydroxylation sites is 2. The van der Waals surface area contributed by atoms with Gasteiger partial charge in [-0.25, -0.2) is 14.6 Å². The van der Waals surface area contributed by atoms with Gasteiger partial charge in [-0.05, 0) is 43.2 Å². The summed E-state index contributed by atoms with van der Waals surface area (Å²) in [5, 5.41) is 7.73. The first-order valence-corrected chi connectivity index (χ1v) is 11.3. The molecule has 1 amide bonds. The molecule has 3 heterocycles. The molecule has 5 aromatic rings. The van der Waals surface area contributed by atoms with Crippen molar-refractivity contribution < 1.29 is 4.79 Å². The van der Waals surface area contributed by atoms with Gasteiger partial charge in [0, 0.05) is 12.7 Å². The number of fused-ring (bicyclic) bond motifs is 1. The number of carbonyl (C=O) groups excluding carboxylic acids is 1. The summed E-state index contributed by atoms with van der Waals surface area (Å²) in [6, 6.07) is 19.9. The minimum Gasteiger partial charge on any atom is -0.348 e. The Morgan fingerprint density at radius 1 is 0.971 bits per heavy atom. The van der Waals surface area contributed by atoms with E-state index in [0.717, 1.165) is 28.0 Å². The molecule has 7 nitrogen and oxygen atoms in total. The van der Waals surface area contributed by atoms with Gasteiger partial charge in [-0.1, -0.05) is 59.6 Å². The van der Waals surface area contributed by atoms with E-state index in [9.17, 15) is 4.79 Å². The van der Waals surface area contributed by atoms with Crippen LogP contribution < -0.4 is 5.32 Å². The smallest absolute Gasteiger partial charge is 0.256 e. The number of aromatic nitrogens is 5. The number of hydrogen-bond acceptors (Lipinski definition) is 4. The van der Waals surface area contributed by atoms with Crippen LogP contribution in [-0.4, -0.2) is 30.2 Å². The molecule has 34 heavy (non-hydrogen) atoms. The summed E-state index contributed by atoms with van der Waals surface area (Å²) in [6.07, 6.45) is 3.51. The van der Waals surface area contributed by atoms with Gasteiger partial charge in [-0.15, -0.1) is 0 Å². The standard InChI is InChI=1S/C26H23ClN6O/c1-17-7-9-19(10-8-17)15-33-25(27)24(18(2)31-33)26(34)29-14-20-11-12-23(28-13-20)32-16-30-21-5-3-4-6-22(21)32/h3-13,16H,14-15H2,1-2H3,(H,29,34). The van der Waals surface area contributed by atoms with Gasteiger partial charge >= 0.3 is 0 Å². The molecule has 2 aromatic carbocycles. The van der Waals surface area contributed by atoms with E-state index in [1.807, 2.05) is 72.2 Å². The number of rotatable bonds is 6. The monoisotopic (exact) mass is 470 g/mol. The zero-order valence-electron chi connectivity index (χ0n) is 18.9. The van der Waals surface area contributed by atoms with Crippen LogP contribution in [-0.2, 0) is 13.1 Å². The molecule has 0 atom stereocenters. The van der Waals surface area contributed by atoms with Crippen LogP contribution in [0.2, 0.25) is 5.15 Å².